The number of hydrogen-bond donors (Lipinski definition) is 0. The molecule has 0 aromatic carbocycles. The lowest BCUT2D eigenvalue weighted by atomic mass is 10.3. The van der Waals surface area contributed by atoms with E-state index in [0.29, 0.717) is 0 Å². The first-order valence-corrected chi connectivity index (χ1v) is 5.10. The van der Waals surface area contributed by atoms with Gasteiger partial charge in [-0.15, -0.1) is 13.2 Å². The van der Waals surface area contributed by atoms with Crippen LogP contribution in [0.5, 0.6) is 0 Å². The van der Waals surface area contributed by atoms with E-state index < -0.39 is 9.28 Å². The monoisotopic (exact) mass is 176 g/mol. The molecule has 11 heavy (non-hydrogen) atoms. The summed E-state index contributed by atoms with van der Waals surface area (Å²) in [6.45, 7) is 12.4. The summed E-state index contributed by atoms with van der Waals surface area (Å²) >= 11 is 0. The van der Waals surface area contributed by atoms with E-state index in [1.165, 1.54) is 0 Å². The molecule has 68 valence electrons. The van der Waals surface area contributed by atoms with E-state index in [0.717, 1.165) is 0 Å². The molecule has 0 aromatic heterocycles. The van der Waals surface area contributed by atoms with Gasteiger partial charge in [-0.25, -0.2) is 0 Å². The second kappa shape index (κ2) is 6.58. The molecule has 0 rings (SSSR count). The Morgan fingerprint density at radius 3 is 1.27 bits per heavy atom. The molecule has 0 aliphatic rings. The molecule has 0 spiro atoms. The molecule has 0 atom stereocenters. The molecule has 0 aromatic rings. The van der Waals surface area contributed by atoms with Crippen molar-refractivity contribution in [2.24, 2.45) is 0 Å². The van der Waals surface area contributed by atoms with Crippen molar-refractivity contribution in [2.75, 3.05) is 14.2 Å². The third-order valence-corrected chi connectivity index (χ3v) is 3.41. The maximum atomic E-state index is 5.18. The molecular formula is C8H20O2Si. The van der Waals surface area contributed by atoms with Crippen molar-refractivity contribution in [1.29, 1.82) is 0 Å². The fourth-order valence-electron chi connectivity index (χ4n) is 0.803. The van der Waals surface area contributed by atoms with Gasteiger partial charge in [0.05, 0.1) is 0 Å². The Kier molecular flexibility index (Phi) is 8.05. The molecule has 0 unspecified atom stereocenters. The highest BCUT2D eigenvalue weighted by Gasteiger charge is 2.27. The van der Waals surface area contributed by atoms with E-state index >= 15 is 0 Å². The van der Waals surface area contributed by atoms with Crippen LogP contribution in [0.15, 0.2) is 13.2 Å². The Balaban J connectivity index is 0. The molecule has 0 saturated carbocycles. The van der Waals surface area contributed by atoms with Crippen molar-refractivity contribution < 1.29 is 8.85 Å². The van der Waals surface area contributed by atoms with Gasteiger partial charge in [-0.1, -0.05) is 20.8 Å². The second-order valence-electron chi connectivity index (χ2n) is 3.17. The Labute approximate surface area is 72.1 Å². The Hall–Kier alpha value is -0.123. The van der Waals surface area contributed by atoms with Gasteiger partial charge in [0, 0.05) is 19.3 Å². The molecule has 0 N–H and O–H groups in total. The summed E-state index contributed by atoms with van der Waals surface area (Å²) in [6.07, 6.45) is 0. The van der Waals surface area contributed by atoms with Crippen LogP contribution in [0.25, 0.3) is 0 Å². The zero-order valence-corrected chi connectivity index (χ0v) is 9.46. The van der Waals surface area contributed by atoms with E-state index in [-0.39, 0.29) is 5.04 Å². The van der Waals surface area contributed by atoms with Crippen LogP contribution in [-0.2, 0) is 8.85 Å². The van der Waals surface area contributed by atoms with E-state index in [2.05, 4.69) is 33.9 Å². The summed E-state index contributed by atoms with van der Waals surface area (Å²) in [5.74, 6) is 0. The molecule has 0 radical (unpaired) electrons. The highest BCUT2D eigenvalue weighted by molar-refractivity contribution is 6.48. The molecule has 0 bridgehead atoms. The maximum absolute atomic E-state index is 5.18. The van der Waals surface area contributed by atoms with Crippen LogP contribution in [0.3, 0.4) is 0 Å². The number of hydrogen-bond acceptors (Lipinski definition) is 2. The van der Waals surface area contributed by atoms with Gasteiger partial charge >= 0.3 is 9.28 Å². The maximum Gasteiger partial charge on any atom is 0.326 e. The standard InChI is InChI=1S/C6H16O2Si.C2H4/c1-6(2,3)9(7-4)8-5;1-2/h9H,1-5H3;1-2H2. The third-order valence-electron chi connectivity index (χ3n) is 1.14. The van der Waals surface area contributed by atoms with Crippen LogP contribution in [0, 0.1) is 0 Å². The highest BCUT2D eigenvalue weighted by Crippen LogP contribution is 2.26. The SMILES string of the molecule is C=C.CO[SiH](OC)C(C)(C)C. The molecule has 0 saturated heterocycles. The lowest BCUT2D eigenvalue weighted by Gasteiger charge is -2.24. The van der Waals surface area contributed by atoms with Gasteiger partial charge < -0.3 is 8.85 Å². The van der Waals surface area contributed by atoms with Gasteiger partial charge in [-0.3, -0.25) is 0 Å². The topological polar surface area (TPSA) is 18.5 Å². The van der Waals surface area contributed by atoms with Gasteiger partial charge in [0.15, 0.2) is 0 Å². The molecule has 0 amide bonds. The van der Waals surface area contributed by atoms with Gasteiger partial charge in [0.1, 0.15) is 0 Å². The van der Waals surface area contributed by atoms with Crippen LogP contribution in [-0.4, -0.2) is 23.5 Å². The Morgan fingerprint density at radius 2 is 1.27 bits per heavy atom. The van der Waals surface area contributed by atoms with E-state index in [1.54, 1.807) is 14.2 Å². The van der Waals surface area contributed by atoms with E-state index in [1.807, 2.05) is 0 Å². The third kappa shape index (κ3) is 6.28. The van der Waals surface area contributed by atoms with Gasteiger partial charge in [-0.05, 0) is 0 Å². The summed E-state index contributed by atoms with van der Waals surface area (Å²) in [7, 11) is 2.05. The van der Waals surface area contributed by atoms with E-state index in [4.69, 9.17) is 8.85 Å². The van der Waals surface area contributed by atoms with Crippen LogP contribution >= 0.6 is 0 Å². The van der Waals surface area contributed by atoms with Gasteiger partial charge in [0.25, 0.3) is 0 Å². The van der Waals surface area contributed by atoms with Crippen LogP contribution in [0.4, 0.5) is 0 Å². The van der Waals surface area contributed by atoms with E-state index in [9.17, 15) is 0 Å². The highest BCUT2D eigenvalue weighted by atomic mass is 28.3. The largest absolute Gasteiger partial charge is 0.400 e. The van der Waals surface area contributed by atoms with Crippen molar-refractivity contribution in [1.82, 2.24) is 0 Å². The molecule has 0 aliphatic heterocycles. The average molecular weight is 176 g/mol. The van der Waals surface area contributed by atoms with Crippen LogP contribution < -0.4 is 0 Å². The summed E-state index contributed by atoms with van der Waals surface area (Å²) in [5.41, 5.74) is 0. The molecule has 0 heterocycles. The molecule has 2 nitrogen and oxygen atoms in total. The predicted octanol–water partition coefficient (Wildman–Crippen LogP) is 2.10. The Morgan fingerprint density at radius 1 is 1.00 bits per heavy atom. The lowest BCUT2D eigenvalue weighted by Crippen LogP contribution is -2.30. The first kappa shape index (κ1) is 13.5. The van der Waals surface area contributed by atoms with Crippen molar-refractivity contribution in [2.45, 2.75) is 25.8 Å². The van der Waals surface area contributed by atoms with Crippen molar-refractivity contribution in [3.05, 3.63) is 13.2 Å². The second-order valence-corrected chi connectivity index (χ2v) is 6.51. The molecule has 3 heteroatoms. The minimum Gasteiger partial charge on any atom is -0.400 e. The predicted molar refractivity (Wildman–Crippen MR) is 52.1 cm³/mol. The quantitative estimate of drug-likeness (QED) is 0.474. The molecule has 0 fully saturated rings. The van der Waals surface area contributed by atoms with Crippen LogP contribution in [0.1, 0.15) is 20.8 Å². The average Bonchev–Trinajstić information content (AvgIpc) is 1.92. The Bertz CT molecular complexity index is 84.6. The van der Waals surface area contributed by atoms with Crippen molar-refractivity contribution in [3.63, 3.8) is 0 Å². The van der Waals surface area contributed by atoms with Gasteiger partial charge in [0.2, 0.25) is 0 Å². The fourth-order valence-corrected chi connectivity index (χ4v) is 2.41. The number of rotatable bonds is 2. The normalized spacial score (nSPS) is 10.7. The first-order chi connectivity index (χ1) is 5.02. The summed E-state index contributed by atoms with van der Waals surface area (Å²) < 4.78 is 10.4. The first-order valence-electron chi connectivity index (χ1n) is 3.58. The minimum atomic E-state index is -1.38. The zero-order valence-electron chi connectivity index (χ0n) is 8.31. The summed E-state index contributed by atoms with van der Waals surface area (Å²) in [4.78, 5) is 0. The molecular weight excluding hydrogens is 156 g/mol. The smallest absolute Gasteiger partial charge is 0.326 e. The molecule has 0 aliphatic carbocycles. The lowest BCUT2D eigenvalue weighted by molar-refractivity contribution is 0.251. The van der Waals surface area contributed by atoms with Crippen LogP contribution in [0.2, 0.25) is 5.04 Å². The summed E-state index contributed by atoms with van der Waals surface area (Å²) in [5, 5.41) is 0.212. The summed E-state index contributed by atoms with van der Waals surface area (Å²) in [6, 6.07) is 0. The van der Waals surface area contributed by atoms with Gasteiger partial charge in [-0.2, -0.15) is 0 Å². The van der Waals surface area contributed by atoms with Crippen molar-refractivity contribution in [3.8, 4) is 0 Å². The van der Waals surface area contributed by atoms with Crippen molar-refractivity contribution >= 4 is 9.28 Å². The fraction of sp³-hybridized carbons (Fsp3) is 0.750. The zero-order chi connectivity index (χ0) is 9.49. The minimum absolute atomic E-state index is 0.212.